The van der Waals surface area contributed by atoms with Crippen molar-refractivity contribution < 1.29 is 9.53 Å². The summed E-state index contributed by atoms with van der Waals surface area (Å²) >= 11 is 0. The van der Waals surface area contributed by atoms with Gasteiger partial charge in [0.05, 0.1) is 0 Å². The molecule has 0 aliphatic carbocycles. The molecule has 0 aromatic heterocycles. The second kappa shape index (κ2) is 7.35. The number of likely N-dealkylation sites (tertiary alicyclic amines) is 1. The maximum Gasteiger partial charge on any atom is 0.410 e. The highest BCUT2D eigenvalue weighted by atomic mass is 16.6. The molecule has 2 rings (SSSR count). The van der Waals surface area contributed by atoms with Gasteiger partial charge in [0.2, 0.25) is 0 Å². The lowest BCUT2D eigenvalue weighted by Gasteiger charge is -2.35. The highest BCUT2D eigenvalue weighted by Crippen LogP contribution is 2.21. The van der Waals surface area contributed by atoms with Crippen LogP contribution < -0.4 is 5.32 Å². The molecule has 1 N–H and O–H groups in total. The lowest BCUT2D eigenvalue weighted by molar-refractivity contribution is 0.0196. The van der Waals surface area contributed by atoms with Crippen molar-refractivity contribution in [3.8, 4) is 0 Å². The van der Waals surface area contributed by atoms with Crippen molar-refractivity contribution in [1.82, 2.24) is 10.2 Å². The Labute approximate surface area is 140 Å². The number of ether oxygens (including phenoxy) is 1. The van der Waals surface area contributed by atoms with Crippen LogP contribution in [0.4, 0.5) is 4.79 Å². The van der Waals surface area contributed by atoms with Gasteiger partial charge in [0.15, 0.2) is 0 Å². The van der Waals surface area contributed by atoms with Gasteiger partial charge >= 0.3 is 6.09 Å². The van der Waals surface area contributed by atoms with Gasteiger partial charge in [-0.1, -0.05) is 24.3 Å². The van der Waals surface area contributed by atoms with Crippen LogP contribution in [-0.2, 0) is 4.74 Å². The Bertz CT molecular complexity index is 528. The Morgan fingerprint density at radius 1 is 1.26 bits per heavy atom. The highest BCUT2D eigenvalue weighted by molar-refractivity contribution is 5.68. The molecule has 23 heavy (non-hydrogen) atoms. The number of piperidine rings is 1. The Balaban J connectivity index is 1.83. The van der Waals surface area contributed by atoms with Crippen LogP contribution in [0.2, 0.25) is 0 Å². The first kappa shape index (κ1) is 17.8. The number of nitrogens with zero attached hydrogens (tertiary/aromatic N) is 1. The molecule has 1 aliphatic heterocycles. The van der Waals surface area contributed by atoms with E-state index in [1.54, 1.807) is 0 Å². The van der Waals surface area contributed by atoms with Crippen molar-refractivity contribution in [2.24, 2.45) is 0 Å². The Hall–Kier alpha value is -1.55. The number of aryl methyl sites for hydroxylation is 1. The number of hydrogen-bond acceptors (Lipinski definition) is 3. The summed E-state index contributed by atoms with van der Waals surface area (Å²) in [7, 11) is 0. The first-order valence-electron chi connectivity index (χ1n) is 8.56. The standard InChI is InChI=1S/C19H30N2O2/c1-14-8-6-7-9-17(14)15(2)20-16-10-12-21(13-11-16)18(22)23-19(3,4)5/h6-9,15-16,20H,10-13H2,1-5H3/t15-/m1/s1. The molecule has 1 aromatic rings. The van der Waals surface area contributed by atoms with Crippen LogP contribution in [0.1, 0.15) is 57.7 Å². The number of carbonyl (C=O) groups excluding carboxylic acids is 1. The van der Waals surface area contributed by atoms with E-state index < -0.39 is 5.60 Å². The third-order valence-electron chi connectivity index (χ3n) is 4.29. The summed E-state index contributed by atoms with van der Waals surface area (Å²) < 4.78 is 5.45. The summed E-state index contributed by atoms with van der Waals surface area (Å²) in [6, 6.07) is 9.27. The van der Waals surface area contributed by atoms with Crippen LogP contribution in [0.5, 0.6) is 0 Å². The van der Waals surface area contributed by atoms with E-state index in [9.17, 15) is 4.79 Å². The summed E-state index contributed by atoms with van der Waals surface area (Å²) in [4.78, 5) is 13.9. The Morgan fingerprint density at radius 3 is 2.43 bits per heavy atom. The Kier molecular flexibility index (Phi) is 5.69. The van der Waals surface area contributed by atoms with Crippen LogP contribution in [-0.4, -0.2) is 35.7 Å². The van der Waals surface area contributed by atoms with E-state index in [4.69, 9.17) is 4.74 Å². The molecule has 0 bridgehead atoms. The number of nitrogens with one attached hydrogen (secondary N) is 1. The van der Waals surface area contributed by atoms with Crippen molar-refractivity contribution in [3.63, 3.8) is 0 Å². The van der Waals surface area contributed by atoms with E-state index in [0.29, 0.717) is 12.1 Å². The zero-order valence-electron chi connectivity index (χ0n) is 15.1. The van der Waals surface area contributed by atoms with Gasteiger partial charge in [-0.05, 0) is 58.6 Å². The summed E-state index contributed by atoms with van der Waals surface area (Å²) in [6.45, 7) is 11.6. The van der Waals surface area contributed by atoms with Crippen molar-refractivity contribution in [1.29, 1.82) is 0 Å². The Morgan fingerprint density at radius 2 is 1.87 bits per heavy atom. The predicted molar refractivity (Wildman–Crippen MR) is 93.6 cm³/mol. The fourth-order valence-electron chi connectivity index (χ4n) is 3.07. The maximum atomic E-state index is 12.1. The third kappa shape index (κ3) is 5.24. The van der Waals surface area contributed by atoms with Crippen LogP contribution in [0, 0.1) is 6.92 Å². The van der Waals surface area contributed by atoms with Crippen LogP contribution >= 0.6 is 0 Å². The van der Waals surface area contributed by atoms with E-state index in [2.05, 4.69) is 43.4 Å². The number of amides is 1. The second-order valence-electron chi connectivity index (χ2n) is 7.49. The van der Waals surface area contributed by atoms with Crippen LogP contribution in [0.25, 0.3) is 0 Å². The maximum absolute atomic E-state index is 12.1. The zero-order chi connectivity index (χ0) is 17.0. The molecule has 1 aromatic carbocycles. The number of hydrogen-bond donors (Lipinski definition) is 1. The van der Waals surface area contributed by atoms with Crippen LogP contribution in [0.3, 0.4) is 0 Å². The quantitative estimate of drug-likeness (QED) is 0.914. The third-order valence-corrected chi connectivity index (χ3v) is 4.29. The van der Waals surface area contributed by atoms with Crippen LogP contribution in [0.15, 0.2) is 24.3 Å². The molecule has 1 fully saturated rings. The molecule has 128 valence electrons. The predicted octanol–water partition coefficient (Wildman–Crippen LogP) is 4.05. The molecular weight excluding hydrogens is 288 g/mol. The van der Waals surface area contributed by atoms with E-state index in [1.807, 2.05) is 25.7 Å². The van der Waals surface area contributed by atoms with Gasteiger partial charge in [0.25, 0.3) is 0 Å². The molecular formula is C19H30N2O2. The number of benzene rings is 1. The first-order valence-corrected chi connectivity index (χ1v) is 8.56. The van der Waals surface area contributed by atoms with Crippen molar-refractivity contribution in [2.75, 3.05) is 13.1 Å². The summed E-state index contributed by atoms with van der Waals surface area (Å²) in [6.07, 6.45) is 1.74. The minimum atomic E-state index is -0.425. The minimum absolute atomic E-state index is 0.192. The number of carbonyl (C=O) groups is 1. The molecule has 0 spiro atoms. The molecule has 0 unspecified atom stereocenters. The minimum Gasteiger partial charge on any atom is -0.444 e. The average Bonchev–Trinajstić information content (AvgIpc) is 2.46. The van der Waals surface area contributed by atoms with Gasteiger partial charge in [-0.3, -0.25) is 0 Å². The number of rotatable bonds is 3. The molecule has 0 radical (unpaired) electrons. The highest BCUT2D eigenvalue weighted by Gasteiger charge is 2.27. The van der Waals surface area contributed by atoms with Gasteiger partial charge in [0, 0.05) is 25.2 Å². The van der Waals surface area contributed by atoms with E-state index in [0.717, 1.165) is 25.9 Å². The van der Waals surface area contributed by atoms with Crippen molar-refractivity contribution >= 4 is 6.09 Å². The molecule has 4 nitrogen and oxygen atoms in total. The largest absolute Gasteiger partial charge is 0.444 e. The normalized spacial score (nSPS) is 17.9. The summed E-state index contributed by atoms with van der Waals surface area (Å²) in [5, 5.41) is 3.70. The molecule has 1 heterocycles. The molecule has 1 amide bonds. The fraction of sp³-hybridized carbons (Fsp3) is 0.632. The van der Waals surface area contributed by atoms with Gasteiger partial charge in [-0.25, -0.2) is 4.79 Å². The van der Waals surface area contributed by atoms with Crippen molar-refractivity contribution in [2.45, 2.75) is 65.1 Å². The fourth-order valence-corrected chi connectivity index (χ4v) is 3.07. The molecule has 0 saturated carbocycles. The van der Waals surface area contributed by atoms with E-state index in [-0.39, 0.29) is 6.09 Å². The van der Waals surface area contributed by atoms with Gasteiger partial charge in [0.1, 0.15) is 5.60 Å². The molecule has 1 aliphatic rings. The SMILES string of the molecule is Cc1ccccc1[C@@H](C)NC1CCN(C(=O)OC(C)(C)C)CC1. The van der Waals surface area contributed by atoms with Gasteiger partial charge in [-0.15, -0.1) is 0 Å². The van der Waals surface area contributed by atoms with Gasteiger partial charge < -0.3 is 15.0 Å². The van der Waals surface area contributed by atoms with Gasteiger partial charge in [-0.2, -0.15) is 0 Å². The summed E-state index contributed by atoms with van der Waals surface area (Å²) in [5.41, 5.74) is 2.24. The molecule has 1 atom stereocenters. The lowest BCUT2D eigenvalue weighted by atomic mass is 9.99. The van der Waals surface area contributed by atoms with E-state index in [1.165, 1.54) is 11.1 Å². The average molecular weight is 318 g/mol. The lowest BCUT2D eigenvalue weighted by Crippen LogP contribution is -2.47. The topological polar surface area (TPSA) is 41.6 Å². The van der Waals surface area contributed by atoms with E-state index >= 15 is 0 Å². The second-order valence-corrected chi connectivity index (χ2v) is 7.49. The molecule has 4 heteroatoms. The first-order chi connectivity index (χ1) is 10.8. The molecule has 1 saturated heterocycles. The van der Waals surface area contributed by atoms with Crippen molar-refractivity contribution in [3.05, 3.63) is 35.4 Å². The smallest absolute Gasteiger partial charge is 0.410 e. The monoisotopic (exact) mass is 318 g/mol. The summed E-state index contributed by atoms with van der Waals surface area (Å²) in [5.74, 6) is 0. The zero-order valence-corrected chi connectivity index (χ0v) is 15.1.